The number of ether oxygens (including phenoxy) is 1. The Morgan fingerprint density at radius 2 is 1.91 bits per heavy atom. The third kappa shape index (κ3) is 4.76. The summed E-state index contributed by atoms with van der Waals surface area (Å²) in [6.45, 7) is 6.58. The molecule has 5 heteroatoms. The van der Waals surface area contributed by atoms with E-state index in [2.05, 4.69) is 5.32 Å². The summed E-state index contributed by atoms with van der Waals surface area (Å²) < 4.78 is 5.38. The number of nitrogens with zero attached hydrogens (tertiary/aromatic N) is 1. The minimum Gasteiger partial charge on any atom is -0.444 e. The highest BCUT2D eigenvalue weighted by atomic mass is 16.6. The normalized spacial score (nSPS) is 18.7. The Morgan fingerprint density at radius 3 is 2.55 bits per heavy atom. The van der Waals surface area contributed by atoms with Crippen molar-refractivity contribution in [3.05, 3.63) is 30.3 Å². The van der Waals surface area contributed by atoms with Gasteiger partial charge in [0.2, 0.25) is 5.91 Å². The van der Waals surface area contributed by atoms with Crippen LogP contribution in [-0.2, 0) is 9.53 Å². The van der Waals surface area contributed by atoms with E-state index < -0.39 is 5.60 Å². The summed E-state index contributed by atoms with van der Waals surface area (Å²) in [7, 11) is 0. The number of rotatable bonds is 2. The number of likely N-dealkylation sites (tertiary alicyclic amines) is 1. The van der Waals surface area contributed by atoms with Crippen LogP contribution in [0.5, 0.6) is 0 Å². The van der Waals surface area contributed by atoms with Crippen molar-refractivity contribution in [3.63, 3.8) is 0 Å². The molecule has 0 spiro atoms. The number of benzene rings is 1. The van der Waals surface area contributed by atoms with E-state index in [0.29, 0.717) is 13.1 Å². The SMILES string of the molecule is CC(C)(C)OC(=O)N1CCC[C@@H](C(=O)Nc2ccccc2)C1. The van der Waals surface area contributed by atoms with Gasteiger partial charge in [-0.1, -0.05) is 18.2 Å². The fourth-order valence-corrected chi connectivity index (χ4v) is 2.45. The van der Waals surface area contributed by atoms with Crippen LogP contribution in [0.4, 0.5) is 10.5 Å². The molecule has 0 aliphatic carbocycles. The zero-order valence-electron chi connectivity index (χ0n) is 13.5. The quantitative estimate of drug-likeness (QED) is 0.912. The summed E-state index contributed by atoms with van der Waals surface area (Å²) in [6.07, 6.45) is 1.26. The molecular formula is C17H24N2O3. The van der Waals surface area contributed by atoms with Crippen molar-refractivity contribution >= 4 is 17.7 Å². The van der Waals surface area contributed by atoms with Crippen LogP contribution in [-0.4, -0.2) is 35.6 Å². The molecule has 0 bridgehead atoms. The molecule has 5 nitrogen and oxygen atoms in total. The molecule has 1 atom stereocenters. The number of hydrogen-bond donors (Lipinski definition) is 1. The van der Waals surface area contributed by atoms with E-state index in [0.717, 1.165) is 18.5 Å². The lowest BCUT2D eigenvalue weighted by atomic mass is 9.97. The monoisotopic (exact) mass is 304 g/mol. The Balaban J connectivity index is 1.92. The first-order chi connectivity index (χ1) is 10.3. The van der Waals surface area contributed by atoms with Gasteiger partial charge >= 0.3 is 6.09 Å². The van der Waals surface area contributed by atoms with E-state index >= 15 is 0 Å². The number of hydrogen-bond acceptors (Lipinski definition) is 3. The lowest BCUT2D eigenvalue weighted by Gasteiger charge is -2.33. The summed E-state index contributed by atoms with van der Waals surface area (Å²) in [5.74, 6) is -0.235. The highest BCUT2D eigenvalue weighted by Crippen LogP contribution is 2.21. The summed E-state index contributed by atoms with van der Waals surface area (Å²) >= 11 is 0. The van der Waals surface area contributed by atoms with Crippen LogP contribution in [0.2, 0.25) is 0 Å². The number of para-hydroxylation sites is 1. The molecule has 0 saturated carbocycles. The summed E-state index contributed by atoms with van der Waals surface area (Å²) in [5.41, 5.74) is 0.262. The van der Waals surface area contributed by atoms with Crippen LogP contribution in [0.3, 0.4) is 0 Å². The first-order valence-electron chi connectivity index (χ1n) is 7.69. The van der Waals surface area contributed by atoms with Crippen LogP contribution >= 0.6 is 0 Å². The van der Waals surface area contributed by atoms with Crippen molar-refractivity contribution < 1.29 is 14.3 Å². The first kappa shape index (κ1) is 16.3. The van der Waals surface area contributed by atoms with Gasteiger partial charge in [-0.05, 0) is 45.7 Å². The summed E-state index contributed by atoms with van der Waals surface area (Å²) in [4.78, 5) is 26.1. The molecule has 1 aromatic rings. The maximum Gasteiger partial charge on any atom is 0.410 e. The zero-order valence-corrected chi connectivity index (χ0v) is 13.5. The average molecular weight is 304 g/mol. The summed E-state index contributed by atoms with van der Waals surface area (Å²) in [5, 5.41) is 2.90. The van der Waals surface area contributed by atoms with Crippen LogP contribution in [0.25, 0.3) is 0 Å². The van der Waals surface area contributed by atoms with Crippen molar-refractivity contribution in [2.75, 3.05) is 18.4 Å². The van der Waals surface area contributed by atoms with Crippen molar-refractivity contribution in [1.82, 2.24) is 4.90 Å². The Labute approximate surface area is 131 Å². The predicted molar refractivity (Wildman–Crippen MR) is 85.6 cm³/mol. The Hall–Kier alpha value is -2.04. The maximum absolute atomic E-state index is 12.3. The van der Waals surface area contributed by atoms with Crippen LogP contribution < -0.4 is 5.32 Å². The smallest absolute Gasteiger partial charge is 0.410 e. The van der Waals surface area contributed by atoms with E-state index in [1.807, 2.05) is 51.1 Å². The average Bonchev–Trinajstić information content (AvgIpc) is 2.46. The van der Waals surface area contributed by atoms with Crippen LogP contribution in [0, 0.1) is 5.92 Å². The van der Waals surface area contributed by atoms with Gasteiger partial charge in [-0.2, -0.15) is 0 Å². The zero-order chi connectivity index (χ0) is 16.2. The van der Waals surface area contributed by atoms with E-state index in [4.69, 9.17) is 4.74 Å². The summed E-state index contributed by atoms with van der Waals surface area (Å²) in [6, 6.07) is 9.37. The number of carbonyl (C=O) groups is 2. The van der Waals surface area contributed by atoms with Crippen molar-refractivity contribution in [2.45, 2.75) is 39.2 Å². The van der Waals surface area contributed by atoms with Crippen molar-refractivity contribution in [1.29, 1.82) is 0 Å². The molecule has 1 heterocycles. The predicted octanol–water partition coefficient (Wildman–Crippen LogP) is 3.27. The number of carbonyl (C=O) groups excluding carboxylic acids is 2. The molecule has 0 aromatic heterocycles. The molecule has 22 heavy (non-hydrogen) atoms. The fraction of sp³-hybridized carbons (Fsp3) is 0.529. The minimum atomic E-state index is -0.518. The van der Waals surface area contributed by atoms with Gasteiger partial charge in [0.1, 0.15) is 5.60 Å². The molecule has 1 N–H and O–H groups in total. The van der Waals surface area contributed by atoms with E-state index in [1.54, 1.807) is 4.90 Å². The second-order valence-corrected chi connectivity index (χ2v) is 6.62. The standard InChI is InChI=1S/C17H24N2O3/c1-17(2,3)22-16(21)19-11-7-8-13(12-19)15(20)18-14-9-5-4-6-10-14/h4-6,9-10,13H,7-8,11-12H2,1-3H3,(H,18,20)/t13-/m1/s1. The second kappa shape index (κ2) is 6.81. The van der Waals surface area contributed by atoms with Gasteiger partial charge < -0.3 is 15.0 Å². The number of nitrogens with one attached hydrogen (secondary N) is 1. The molecule has 120 valence electrons. The molecule has 2 amide bonds. The minimum absolute atomic E-state index is 0.0422. The molecule has 0 radical (unpaired) electrons. The third-order valence-corrected chi connectivity index (χ3v) is 3.49. The molecular weight excluding hydrogens is 280 g/mol. The molecule has 1 aromatic carbocycles. The molecule has 2 rings (SSSR count). The van der Waals surface area contributed by atoms with E-state index in [-0.39, 0.29) is 17.9 Å². The van der Waals surface area contributed by atoms with Gasteiger partial charge in [0.25, 0.3) is 0 Å². The van der Waals surface area contributed by atoms with Gasteiger partial charge in [0.15, 0.2) is 0 Å². The number of amides is 2. The Bertz CT molecular complexity index is 522. The van der Waals surface area contributed by atoms with Gasteiger partial charge in [-0.3, -0.25) is 4.79 Å². The molecule has 1 aliphatic heterocycles. The van der Waals surface area contributed by atoms with Crippen molar-refractivity contribution in [2.24, 2.45) is 5.92 Å². The van der Waals surface area contributed by atoms with Crippen LogP contribution in [0.1, 0.15) is 33.6 Å². The molecule has 1 aliphatic rings. The van der Waals surface area contributed by atoms with Gasteiger partial charge in [0.05, 0.1) is 5.92 Å². The second-order valence-electron chi connectivity index (χ2n) is 6.62. The highest BCUT2D eigenvalue weighted by Gasteiger charge is 2.30. The van der Waals surface area contributed by atoms with Crippen LogP contribution in [0.15, 0.2) is 30.3 Å². The first-order valence-corrected chi connectivity index (χ1v) is 7.69. The van der Waals surface area contributed by atoms with E-state index in [1.165, 1.54) is 0 Å². The lowest BCUT2D eigenvalue weighted by Crippen LogP contribution is -2.45. The molecule has 1 fully saturated rings. The molecule has 1 saturated heterocycles. The third-order valence-electron chi connectivity index (χ3n) is 3.49. The fourth-order valence-electron chi connectivity index (χ4n) is 2.45. The lowest BCUT2D eigenvalue weighted by molar-refractivity contribution is -0.121. The number of piperidine rings is 1. The molecule has 0 unspecified atom stereocenters. The largest absolute Gasteiger partial charge is 0.444 e. The maximum atomic E-state index is 12.3. The Kier molecular flexibility index (Phi) is 5.06. The topological polar surface area (TPSA) is 58.6 Å². The van der Waals surface area contributed by atoms with Gasteiger partial charge in [0, 0.05) is 18.8 Å². The van der Waals surface area contributed by atoms with Gasteiger partial charge in [-0.25, -0.2) is 4.79 Å². The number of anilines is 1. The van der Waals surface area contributed by atoms with E-state index in [9.17, 15) is 9.59 Å². The highest BCUT2D eigenvalue weighted by molar-refractivity contribution is 5.93. The van der Waals surface area contributed by atoms with Gasteiger partial charge in [-0.15, -0.1) is 0 Å². The van der Waals surface area contributed by atoms with Crippen molar-refractivity contribution in [3.8, 4) is 0 Å². The Morgan fingerprint density at radius 1 is 1.23 bits per heavy atom.